The molecule has 3 nitrogen and oxygen atoms in total. The predicted molar refractivity (Wildman–Crippen MR) is 99.0 cm³/mol. The minimum atomic E-state index is -0.249. The Morgan fingerprint density at radius 1 is 0.840 bits per heavy atom. The highest BCUT2D eigenvalue weighted by molar-refractivity contribution is 6.42. The number of anilines is 1. The van der Waals surface area contributed by atoms with Crippen LogP contribution in [0.3, 0.4) is 0 Å². The van der Waals surface area contributed by atoms with Crippen LogP contribution in [0, 0.1) is 11.8 Å². The van der Waals surface area contributed by atoms with E-state index in [9.17, 15) is 9.59 Å². The molecular weight excluding hydrogens is 357 g/mol. The van der Waals surface area contributed by atoms with Crippen LogP contribution in [0.2, 0.25) is 10.0 Å². The molecule has 0 N–H and O–H groups in total. The van der Waals surface area contributed by atoms with Crippen LogP contribution in [0.4, 0.5) is 5.69 Å². The molecule has 0 unspecified atom stereocenters. The number of amides is 2. The van der Waals surface area contributed by atoms with Crippen molar-refractivity contribution in [2.75, 3.05) is 4.90 Å². The van der Waals surface area contributed by atoms with Gasteiger partial charge in [0.1, 0.15) is 0 Å². The highest BCUT2D eigenvalue weighted by Crippen LogP contribution is 2.46. The molecule has 0 aromatic heterocycles. The fourth-order valence-corrected chi connectivity index (χ4v) is 4.38. The van der Waals surface area contributed by atoms with Crippen molar-refractivity contribution in [2.45, 2.75) is 25.2 Å². The third-order valence-electron chi connectivity index (χ3n) is 5.36. The van der Waals surface area contributed by atoms with Crippen LogP contribution in [0.25, 0.3) is 0 Å². The molecular formula is C20H17Cl2NO2. The molecule has 128 valence electrons. The van der Waals surface area contributed by atoms with Crippen molar-refractivity contribution < 1.29 is 9.59 Å². The number of carbonyl (C=O) groups is 2. The third-order valence-corrected chi connectivity index (χ3v) is 6.10. The van der Waals surface area contributed by atoms with Crippen LogP contribution < -0.4 is 4.90 Å². The molecule has 1 saturated carbocycles. The SMILES string of the molecule is O=C1[C@H]2C[C@H](c3ccccc3)CC[C@H]2C(=O)N1c1ccc(Cl)c(Cl)c1. The minimum absolute atomic E-state index is 0.111. The van der Waals surface area contributed by atoms with Gasteiger partial charge in [-0.15, -0.1) is 0 Å². The van der Waals surface area contributed by atoms with E-state index in [0.717, 1.165) is 19.3 Å². The first-order valence-electron chi connectivity index (χ1n) is 8.44. The third kappa shape index (κ3) is 2.86. The van der Waals surface area contributed by atoms with Crippen molar-refractivity contribution in [1.82, 2.24) is 0 Å². The van der Waals surface area contributed by atoms with Gasteiger partial charge in [-0.05, 0) is 48.9 Å². The summed E-state index contributed by atoms with van der Waals surface area (Å²) in [6, 6.07) is 15.1. The Labute approximate surface area is 156 Å². The summed E-state index contributed by atoms with van der Waals surface area (Å²) < 4.78 is 0. The van der Waals surface area contributed by atoms with Gasteiger partial charge in [0.05, 0.1) is 27.6 Å². The van der Waals surface area contributed by atoms with E-state index in [1.165, 1.54) is 10.5 Å². The predicted octanol–water partition coefficient (Wildman–Crippen LogP) is 5.07. The fraction of sp³-hybridized carbons (Fsp3) is 0.300. The quantitative estimate of drug-likeness (QED) is 0.689. The van der Waals surface area contributed by atoms with Crippen molar-refractivity contribution >= 4 is 40.7 Å². The van der Waals surface area contributed by atoms with E-state index in [1.807, 2.05) is 18.2 Å². The maximum atomic E-state index is 13.0. The van der Waals surface area contributed by atoms with E-state index < -0.39 is 0 Å². The molecule has 25 heavy (non-hydrogen) atoms. The van der Waals surface area contributed by atoms with Crippen LogP contribution in [0.1, 0.15) is 30.7 Å². The lowest BCUT2D eigenvalue weighted by atomic mass is 9.73. The highest BCUT2D eigenvalue weighted by atomic mass is 35.5. The smallest absolute Gasteiger partial charge is 0.237 e. The molecule has 2 aromatic carbocycles. The van der Waals surface area contributed by atoms with E-state index >= 15 is 0 Å². The van der Waals surface area contributed by atoms with Crippen LogP contribution >= 0.6 is 23.2 Å². The van der Waals surface area contributed by atoms with Crippen molar-refractivity contribution in [3.8, 4) is 0 Å². The van der Waals surface area contributed by atoms with Gasteiger partial charge < -0.3 is 0 Å². The molecule has 1 aliphatic carbocycles. The number of imide groups is 1. The van der Waals surface area contributed by atoms with Crippen LogP contribution in [-0.4, -0.2) is 11.8 Å². The molecule has 0 bridgehead atoms. The summed E-state index contributed by atoms with van der Waals surface area (Å²) in [5, 5.41) is 0.753. The molecule has 5 heteroatoms. The first kappa shape index (κ1) is 16.6. The van der Waals surface area contributed by atoms with Gasteiger partial charge in [-0.3, -0.25) is 14.5 Å². The summed E-state index contributed by atoms with van der Waals surface area (Å²) in [4.78, 5) is 27.1. The number of fused-ring (bicyclic) bond motifs is 1. The zero-order valence-corrected chi connectivity index (χ0v) is 15.0. The molecule has 0 spiro atoms. The largest absolute Gasteiger partial charge is 0.274 e. The summed E-state index contributed by atoms with van der Waals surface area (Å²) in [7, 11) is 0. The Morgan fingerprint density at radius 2 is 1.56 bits per heavy atom. The second-order valence-corrected chi connectivity index (χ2v) is 7.56. The lowest BCUT2D eigenvalue weighted by Crippen LogP contribution is -2.30. The van der Waals surface area contributed by atoms with Crippen LogP contribution in [0.15, 0.2) is 48.5 Å². The number of nitrogens with zero attached hydrogens (tertiary/aromatic N) is 1. The Hall–Kier alpha value is -1.84. The van der Waals surface area contributed by atoms with Gasteiger partial charge in [-0.2, -0.15) is 0 Å². The maximum Gasteiger partial charge on any atom is 0.237 e. The van der Waals surface area contributed by atoms with E-state index in [0.29, 0.717) is 21.7 Å². The first-order valence-corrected chi connectivity index (χ1v) is 9.19. The fourth-order valence-electron chi connectivity index (χ4n) is 4.09. The summed E-state index contributed by atoms with van der Waals surface area (Å²) in [5.41, 5.74) is 1.75. The maximum absolute atomic E-state index is 13.0. The van der Waals surface area contributed by atoms with Gasteiger partial charge in [-0.1, -0.05) is 53.5 Å². The van der Waals surface area contributed by atoms with Crippen molar-refractivity contribution in [1.29, 1.82) is 0 Å². The second-order valence-electron chi connectivity index (χ2n) is 6.74. The standard InChI is InChI=1S/C20H17Cl2NO2/c21-17-9-7-14(11-18(17)22)23-19(24)15-8-6-13(10-16(15)20(23)25)12-4-2-1-3-5-12/h1-5,7,9,11,13,15-16H,6,8,10H2/t13-,15-,16+/m1/s1. The van der Waals surface area contributed by atoms with Gasteiger partial charge in [0.2, 0.25) is 11.8 Å². The van der Waals surface area contributed by atoms with Crippen molar-refractivity contribution in [3.63, 3.8) is 0 Å². The first-order chi connectivity index (χ1) is 12.1. The summed E-state index contributed by atoms with van der Waals surface area (Å²) >= 11 is 12.0. The van der Waals surface area contributed by atoms with Crippen molar-refractivity contribution in [2.24, 2.45) is 11.8 Å². The average molecular weight is 374 g/mol. The number of carbonyl (C=O) groups excluding carboxylic acids is 2. The number of rotatable bonds is 2. The normalized spacial score (nSPS) is 26.0. The lowest BCUT2D eigenvalue weighted by Gasteiger charge is -2.28. The summed E-state index contributed by atoms with van der Waals surface area (Å²) in [6.07, 6.45) is 2.39. The molecule has 1 heterocycles. The number of hydrogen-bond acceptors (Lipinski definition) is 2. The summed E-state index contributed by atoms with van der Waals surface area (Å²) in [6.45, 7) is 0. The van der Waals surface area contributed by atoms with Gasteiger partial charge >= 0.3 is 0 Å². The Balaban J connectivity index is 1.61. The molecule has 4 rings (SSSR count). The van der Waals surface area contributed by atoms with Gasteiger partial charge in [0, 0.05) is 0 Å². The molecule has 2 aromatic rings. The zero-order chi connectivity index (χ0) is 17.6. The van der Waals surface area contributed by atoms with Crippen LogP contribution in [-0.2, 0) is 9.59 Å². The van der Waals surface area contributed by atoms with Crippen molar-refractivity contribution in [3.05, 3.63) is 64.1 Å². The van der Waals surface area contributed by atoms with Gasteiger partial charge in [0.15, 0.2) is 0 Å². The molecule has 1 saturated heterocycles. The summed E-state index contributed by atoms with van der Waals surface area (Å²) in [5.74, 6) is -0.371. The number of benzene rings is 2. The van der Waals surface area contributed by atoms with Gasteiger partial charge in [0.25, 0.3) is 0 Å². The molecule has 1 aliphatic heterocycles. The average Bonchev–Trinajstić information content (AvgIpc) is 2.89. The van der Waals surface area contributed by atoms with E-state index in [4.69, 9.17) is 23.2 Å². The molecule has 2 amide bonds. The van der Waals surface area contributed by atoms with E-state index in [1.54, 1.807) is 18.2 Å². The Kier molecular flexibility index (Phi) is 4.30. The zero-order valence-electron chi connectivity index (χ0n) is 13.5. The molecule has 2 fully saturated rings. The molecule has 0 radical (unpaired) electrons. The van der Waals surface area contributed by atoms with Gasteiger partial charge in [-0.25, -0.2) is 0 Å². The number of halogens is 2. The second kappa shape index (κ2) is 6.47. The lowest BCUT2D eigenvalue weighted by molar-refractivity contribution is -0.122. The molecule has 2 aliphatic rings. The van der Waals surface area contributed by atoms with E-state index in [2.05, 4.69) is 12.1 Å². The number of hydrogen-bond donors (Lipinski definition) is 0. The van der Waals surface area contributed by atoms with E-state index in [-0.39, 0.29) is 23.7 Å². The highest BCUT2D eigenvalue weighted by Gasteiger charge is 2.50. The Bertz CT molecular complexity index is 837. The topological polar surface area (TPSA) is 37.4 Å². The monoisotopic (exact) mass is 373 g/mol. The van der Waals surface area contributed by atoms with Crippen LogP contribution in [0.5, 0.6) is 0 Å². The Morgan fingerprint density at radius 3 is 2.28 bits per heavy atom. The molecule has 3 atom stereocenters. The minimum Gasteiger partial charge on any atom is -0.274 e.